The van der Waals surface area contributed by atoms with Crippen molar-refractivity contribution in [2.24, 2.45) is 0 Å². The van der Waals surface area contributed by atoms with Crippen molar-refractivity contribution in [1.29, 1.82) is 0 Å². The summed E-state index contributed by atoms with van der Waals surface area (Å²) in [5, 5.41) is 0. The summed E-state index contributed by atoms with van der Waals surface area (Å²) in [6, 6.07) is 16.4. The number of ether oxygens (including phenoxy) is 1. The Kier molecular flexibility index (Phi) is 4.40. The van der Waals surface area contributed by atoms with Gasteiger partial charge in [0, 0.05) is 15.5 Å². The zero-order chi connectivity index (χ0) is 12.1. The Morgan fingerprint density at radius 1 is 1.12 bits per heavy atom. The molecule has 0 heterocycles. The van der Waals surface area contributed by atoms with E-state index >= 15 is 0 Å². The van der Waals surface area contributed by atoms with Gasteiger partial charge in [0.15, 0.2) is 0 Å². The minimum absolute atomic E-state index is 0.846. The van der Waals surface area contributed by atoms with Crippen LogP contribution in [0, 0.1) is 0 Å². The molecule has 1 nitrogen and oxygen atoms in total. The van der Waals surface area contributed by atoms with Crippen LogP contribution in [0.25, 0.3) is 0 Å². The molecular weight excluding hydrogens is 248 g/mol. The molecule has 0 atom stereocenters. The SMILES string of the molecule is COc1ccc(SCc2ccccc2)c(S)c1. The molecule has 0 aromatic heterocycles. The number of hydrogen-bond donors (Lipinski definition) is 1. The third-order valence-electron chi connectivity index (χ3n) is 2.40. The lowest BCUT2D eigenvalue weighted by atomic mass is 10.2. The second-order valence-corrected chi connectivity index (χ2v) is 5.11. The third kappa shape index (κ3) is 3.45. The molecule has 0 radical (unpaired) electrons. The van der Waals surface area contributed by atoms with Gasteiger partial charge in [-0.25, -0.2) is 0 Å². The molecule has 0 amide bonds. The maximum absolute atomic E-state index is 5.15. The normalized spacial score (nSPS) is 10.2. The Morgan fingerprint density at radius 2 is 1.88 bits per heavy atom. The maximum atomic E-state index is 5.15. The van der Waals surface area contributed by atoms with Crippen LogP contribution in [0.4, 0.5) is 0 Å². The van der Waals surface area contributed by atoms with Gasteiger partial charge in [0.05, 0.1) is 7.11 Å². The van der Waals surface area contributed by atoms with Gasteiger partial charge in [-0.15, -0.1) is 24.4 Å². The topological polar surface area (TPSA) is 9.23 Å². The summed E-state index contributed by atoms with van der Waals surface area (Å²) in [7, 11) is 1.67. The van der Waals surface area contributed by atoms with Crippen molar-refractivity contribution in [3.63, 3.8) is 0 Å². The van der Waals surface area contributed by atoms with Crippen LogP contribution in [0.5, 0.6) is 5.75 Å². The van der Waals surface area contributed by atoms with Gasteiger partial charge in [0.2, 0.25) is 0 Å². The summed E-state index contributed by atoms with van der Waals surface area (Å²) in [6.45, 7) is 0. The van der Waals surface area contributed by atoms with Crippen molar-refractivity contribution in [3.8, 4) is 5.75 Å². The molecule has 0 saturated heterocycles. The fraction of sp³-hybridized carbons (Fsp3) is 0.143. The van der Waals surface area contributed by atoms with Crippen LogP contribution in [0.1, 0.15) is 5.56 Å². The Morgan fingerprint density at radius 3 is 2.53 bits per heavy atom. The van der Waals surface area contributed by atoms with E-state index in [4.69, 9.17) is 4.74 Å². The molecule has 0 aliphatic heterocycles. The largest absolute Gasteiger partial charge is 0.497 e. The molecule has 0 aliphatic rings. The summed E-state index contributed by atoms with van der Waals surface area (Å²) in [4.78, 5) is 2.14. The van der Waals surface area contributed by atoms with E-state index in [1.54, 1.807) is 18.9 Å². The lowest BCUT2D eigenvalue weighted by Gasteiger charge is -2.07. The minimum Gasteiger partial charge on any atom is -0.497 e. The van der Waals surface area contributed by atoms with Crippen molar-refractivity contribution < 1.29 is 4.74 Å². The number of thiol groups is 1. The number of methoxy groups -OCH3 is 1. The van der Waals surface area contributed by atoms with Crippen LogP contribution in [-0.4, -0.2) is 7.11 Å². The summed E-state index contributed by atoms with van der Waals surface area (Å²) in [5.41, 5.74) is 1.32. The molecule has 17 heavy (non-hydrogen) atoms. The maximum Gasteiger partial charge on any atom is 0.120 e. The number of rotatable bonds is 4. The van der Waals surface area contributed by atoms with E-state index in [9.17, 15) is 0 Å². The first-order valence-electron chi connectivity index (χ1n) is 5.33. The molecule has 0 saturated carbocycles. The molecule has 2 rings (SSSR count). The monoisotopic (exact) mass is 262 g/mol. The first-order chi connectivity index (χ1) is 8.29. The van der Waals surface area contributed by atoms with Gasteiger partial charge in [0.25, 0.3) is 0 Å². The fourth-order valence-electron chi connectivity index (χ4n) is 1.48. The van der Waals surface area contributed by atoms with Crippen LogP contribution >= 0.6 is 24.4 Å². The molecule has 3 heteroatoms. The van der Waals surface area contributed by atoms with Gasteiger partial charge in [0.1, 0.15) is 5.75 Å². The van der Waals surface area contributed by atoms with E-state index in [2.05, 4.69) is 43.0 Å². The molecule has 88 valence electrons. The molecule has 0 fully saturated rings. The van der Waals surface area contributed by atoms with Crippen LogP contribution in [0.15, 0.2) is 58.3 Å². The van der Waals surface area contributed by atoms with E-state index in [0.717, 1.165) is 16.4 Å². The van der Waals surface area contributed by atoms with Gasteiger partial charge in [-0.2, -0.15) is 0 Å². The Bertz CT molecular complexity index is 483. The van der Waals surface area contributed by atoms with E-state index in [1.165, 1.54) is 10.5 Å². The molecule has 0 bridgehead atoms. The van der Waals surface area contributed by atoms with Crippen molar-refractivity contribution in [3.05, 3.63) is 54.1 Å². The van der Waals surface area contributed by atoms with Crippen LogP contribution in [-0.2, 0) is 5.75 Å². The molecule has 0 aliphatic carbocycles. The predicted molar refractivity (Wildman–Crippen MR) is 76.2 cm³/mol. The zero-order valence-electron chi connectivity index (χ0n) is 9.59. The smallest absolute Gasteiger partial charge is 0.120 e. The zero-order valence-corrected chi connectivity index (χ0v) is 11.3. The predicted octanol–water partition coefficient (Wildman–Crippen LogP) is 4.28. The Hall–Kier alpha value is -1.06. The summed E-state index contributed by atoms with van der Waals surface area (Å²) in [5.74, 6) is 1.81. The Labute approximate surface area is 112 Å². The van der Waals surface area contributed by atoms with Gasteiger partial charge in [-0.1, -0.05) is 30.3 Å². The van der Waals surface area contributed by atoms with Crippen LogP contribution in [0.2, 0.25) is 0 Å². The molecule has 0 spiro atoms. The second kappa shape index (κ2) is 6.03. The highest BCUT2D eigenvalue weighted by Gasteiger charge is 2.02. The van der Waals surface area contributed by atoms with E-state index in [-0.39, 0.29) is 0 Å². The molecule has 0 N–H and O–H groups in total. The lowest BCUT2D eigenvalue weighted by molar-refractivity contribution is 0.413. The van der Waals surface area contributed by atoms with Crippen LogP contribution < -0.4 is 4.74 Å². The molecule has 0 unspecified atom stereocenters. The van der Waals surface area contributed by atoms with Crippen molar-refractivity contribution >= 4 is 24.4 Å². The average molecular weight is 262 g/mol. The lowest BCUT2D eigenvalue weighted by Crippen LogP contribution is -1.85. The van der Waals surface area contributed by atoms with Gasteiger partial charge >= 0.3 is 0 Å². The standard InChI is InChI=1S/C14H14OS2/c1-15-12-7-8-14(13(16)9-12)17-10-11-5-3-2-4-6-11/h2-9,16H,10H2,1H3. The second-order valence-electron chi connectivity index (χ2n) is 3.61. The third-order valence-corrected chi connectivity index (χ3v) is 4.07. The summed E-state index contributed by atoms with van der Waals surface area (Å²) >= 11 is 6.25. The van der Waals surface area contributed by atoms with Crippen molar-refractivity contribution in [1.82, 2.24) is 0 Å². The highest BCUT2D eigenvalue weighted by molar-refractivity contribution is 7.99. The van der Waals surface area contributed by atoms with Gasteiger partial charge in [-0.3, -0.25) is 0 Å². The van der Waals surface area contributed by atoms with Crippen LogP contribution in [0.3, 0.4) is 0 Å². The number of thioether (sulfide) groups is 1. The molecular formula is C14H14OS2. The van der Waals surface area contributed by atoms with Gasteiger partial charge < -0.3 is 4.74 Å². The van der Waals surface area contributed by atoms with E-state index in [1.807, 2.05) is 18.2 Å². The van der Waals surface area contributed by atoms with E-state index in [0.29, 0.717) is 0 Å². The highest BCUT2D eigenvalue weighted by Crippen LogP contribution is 2.31. The molecule has 2 aromatic rings. The number of hydrogen-bond acceptors (Lipinski definition) is 3. The quantitative estimate of drug-likeness (QED) is 0.650. The van der Waals surface area contributed by atoms with E-state index < -0.39 is 0 Å². The van der Waals surface area contributed by atoms with Gasteiger partial charge in [-0.05, 0) is 23.8 Å². The highest BCUT2D eigenvalue weighted by atomic mass is 32.2. The summed E-state index contributed by atoms with van der Waals surface area (Å²) < 4.78 is 5.15. The molecule has 2 aromatic carbocycles. The summed E-state index contributed by atoms with van der Waals surface area (Å²) in [6.07, 6.45) is 0. The first kappa shape index (κ1) is 12.4. The first-order valence-corrected chi connectivity index (χ1v) is 6.76. The average Bonchev–Trinajstić information content (AvgIpc) is 2.38. The number of benzene rings is 2. The fourth-order valence-corrected chi connectivity index (χ4v) is 2.76. The Balaban J connectivity index is 2.04. The van der Waals surface area contributed by atoms with Crippen molar-refractivity contribution in [2.75, 3.05) is 7.11 Å². The van der Waals surface area contributed by atoms with Crippen molar-refractivity contribution in [2.45, 2.75) is 15.5 Å². The minimum atomic E-state index is 0.846.